The van der Waals surface area contributed by atoms with E-state index in [0.717, 1.165) is 10.6 Å². The maximum absolute atomic E-state index is 5.65. The summed E-state index contributed by atoms with van der Waals surface area (Å²) in [4.78, 5) is 8.98. The molecule has 0 amide bonds. The largest absolute Gasteiger partial charge is 0.435 e. The standard InChI is InChI=1S/C11H11N3OS/c1-16-9-5-3-2-4-8(9)15-11-10(12)13-6-7-14-11/h2-7H,1H3,(H2,12,13). The van der Waals surface area contributed by atoms with E-state index in [9.17, 15) is 0 Å². The average Bonchev–Trinajstić information content (AvgIpc) is 2.33. The van der Waals surface area contributed by atoms with Crippen molar-refractivity contribution in [1.82, 2.24) is 9.97 Å². The van der Waals surface area contributed by atoms with Crippen LogP contribution in [0.4, 0.5) is 5.82 Å². The molecule has 1 aromatic heterocycles. The van der Waals surface area contributed by atoms with Crippen molar-refractivity contribution < 1.29 is 4.74 Å². The molecule has 4 nitrogen and oxygen atoms in total. The molecular formula is C11H11N3OS. The van der Waals surface area contributed by atoms with Crippen molar-refractivity contribution in [2.24, 2.45) is 0 Å². The minimum atomic E-state index is 0.290. The van der Waals surface area contributed by atoms with Crippen LogP contribution in [0.3, 0.4) is 0 Å². The van der Waals surface area contributed by atoms with E-state index in [-0.39, 0.29) is 0 Å². The van der Waals surface area contributed by atoms with Crippen LogP contribution in [-0.4, -0.2) is 16.2 Å². The lowest BCUT2D eigenvalue weighted by Crippen LogP contribution is -1.97. The highest BCUT2D eigenvalue weighted by atomic mass is 32.2. The van der Waals surface area contributed by atoms with Gasteiger partial charge in [-0.1, -0.05) is 12.1 Å². The van der Waals surface area contributed by atoms with Crippen LogP contribution in [-0.2, 0) is 0 Å². The van der Waals surface area contributed by atoms with Gasteiger partial charge in [0.05, 0.1) is 0 Å². The zero-order valence-corrected chi connectivity index (χ0v) is 9.57. The quantitative estimate of drug-likeness (QED) is 0.825. The maximum atomic E-state index is 5.65. The van der Waals surface area contributed by atoms with Gasteiger partial charge < -0.3 is 10.5 Å². The van der Waals surface area contributed by atoms with Gasteiger partial charge in [-0.25, -0.2) is 9.97 Å². The SMILES string of the molecule is CSc1ccccc1Oc1nccnc1N. The molecule has 0 radical (unpaired) electrons. The third-order valence-electron chi connectivity index (χ3n) is 1.97. The Kier molecular flexibility index (Phi) is 3.26. The molecular weight excluding hydrogens is 222 g/mol. The summed E-state index contributed by atoms with van der Waals surface area (Å²) in [5.74, 6) is 1.37. The van der Waals surface area contributed by atoms with E-state index in [1.807, 2.05) is 30.5 Å². The normalized spacial score (nSPS) is 10.1. The fourth-order valence-corrected chi connectivity index (χ4v) is 1.75. The Morgan fingerprint density at radius 2 is 1.94 bits per heavy atom. The van der Waals surface area contributed by atoms with Crippen molar-refractivity contribution in [1.29, 1.82) is 0 Å². The summed E-state index contributed by atoms with van der Waals surface area (Å²) in [6.07, 6.45) is 5.07. The summed E-state index contributed by atoms with van der Waals surface area (Å²) in [6.45, 7) is 0. The fourth-order valence-electron chi connectivity index (χ4n) is 1.22. The molecule has 82 valence electrons. The molecule has 16 heavy (non-hydrogen) atoms. The van der Waals surface area contributed by atoms with Crippen molar-refractivity contribution in [3.8, 4) is 11.6 Å². The van der Waals surface area contributed by atoms with Crippen molar-refractivity contribution >= 4 is 17.6 Å². The van der Waals surface area contributed by atoms with Gasteiger partial charge in [0.2, 0.25) is 0 Å². The molecule has 0 aliphatic carbocycles. The van der Waals surface area contributed by atoms with Gasteiger partial charge >= 0.3 is 0 Å². The highest BCUT2D eigenvalue weighted by Crippen LogP contribution is 2.31. The van der Waals surface area contributed by atoms with Crippen molar-refractivity contribution in [3.05, 3.63) is 36.7 Å². The Morgan fingerprint density at radius 3 is 2.69 bits per heavy atom. The predicted molar refractivity (Wildman–Crippen MR) is 64.7 cm³/mol. The first kappa shape index (κ1) is 10.8. The summed E-state index contributed by atoms with van der Waals surface area (Å²) in [5, 5.41) is 0. The molecule has 2 N–H and O–H groups in total. The van der Waals surface area contributed by atoms with E-state index < -0.39 is 0 Å². The summed E-state index contributed by atoms with van der Waals surface area (Å²) < 4.78 is 5.61. The number of ether oxygens (including phenoxy) is 1. The molecule has 0 fully saturated rings. The molecule has 1 aromatic carbocycles. The molecule has 0 saturated carbocycles. The molecule has 2 rings (SSSR count). The van der Waals surface area contributed by atoms with Crippen LogP contribution in [0.25, 0.3) is 0 Å². The van der Waals surface area contributed by atoms with E-state index in [0.29, 0.717) is 11.7 Å². The zero-order valence-electron chi connectivity index (χ0n) is 8.75. The fraction of sp³-hybridized carbons (Fsp3) is 0.0909. The van der Waals surface area contributed by atoms with Gasteiger partial charge in [-0.3, -0.25) is 0 Å². The third-order valence-corrected chi connectivity index (χ3v) is 2.74. The first-order valence-corrected chi connectivity index (χ1v) is 5.91. The number of aromatic nitrogens is 2. The summed E-state index contributed by atoms with van der Waals surface area (Å²) in [7, 11) is 0. The number of rotatable bonds is 3. The molecule has 0 unspecified atom stereocenters. The number of thioether (sulfide) groups is 1. The highest BCUT2D eigenvalue weighted by molar-refractivity contribution is 7.98. The van der Waals surface area contributed by atoms with Crippen LogP contribution in [0.2, 0.25) is 0 Å². The highest BCUT2D eigenvalue weighted by Gasteiger charge is 2.07. The van der Waals surface area contributed by atoms with Crippen LogP contribution in [0.1, 0.15) is 0 Å². The number of hydrogen-bond acceptors (Lipinski definition) is 5. The van der Waals surface area contributed by atoms with Crippen molar-refractivity contribution in [3.63, 3.8) is 0 Å². The minimum Gasteiger partial charge on any atom is -0.435 e. The van der Waals surface area contributed by atoms with Gasteiger partial charge in [0.1, 0.15) is 5.75 Å². The number of nitrogens with zero attached hydrogens (tertiary/aromatic N) is 2. The van der Waals surface area contributed by atoms with Gasteiger partial charge in [0, 0.05) is 17.3 Å². The van der Waals surface area contributed by atoms with Gasteiger partial charge in [-0.05, 0) is 18.4 Å². The number of para-hydroxylation sites is 1. The number of nitrogens with two attached hydrogens (primary N) is 1. The Hall–Kier alpha value is -1.75. The zero-order chi connectivity index (χ0) is 11.4. The van der Waals surface area contributed by atoms with Crippen molar-refractivity contribution in [2.45, 2.75) is 4.90 Å². The molecule has 0 atom stereocenters. The Morgan fingerprint density at radius 1 is 1.19 bits per heavy atom. The number of hydrogen-bond donors (Lipinski definition) is 1. The first-order chi connectivity index (χ1) is 7.81. The molecule has 5 heteroatoms. The Balaban J connectivity index is 2.30. The molecule has 0 aliphatic rings. The molecule has 2 aromatic rings. The van der Waals surface area contributed by atoms with E-state index >= 15 is 0 Å². The van der Waals surface area contributed by atoms with Crippen LogP contribution < -0.4 is 10.5 Å². The minimum absolute atomic E-state index is 0.290. The average molecular weight is 233 g/mol. The van der Waals surface area contributed by atoms with E-state index in [1.54, 1.807) is 18.0 Å². The van der Waals surface area contributed by atoms with Gasteiger partial charge in [0.15, 0.2) is 5.82 Å². The topological polar surface area (TPSA) is 61.0 Å². The smallest absolute Gasteiger partial charge is 0.262 e. The second kappa shape index (κ2) is 4.85. The second-order valence-electron chi connectivity index (χ2n) is 3.00. The second-order valence-corrected chi connectivity index (χ2v) is 3.85. The molecule has 1 heterocycles. The van der Waals surface area contributed by atoms with E-state index in [4.69, 9.17) is 10.5 Å². The molecule has 0 saturated heterocycles. The van der Waals surface area contributed by atoms with Crippen LogP contribution >= 0.6 is 11.8 Å². The maximum Gasteiger partial charge on any atom is 0.262 e. The molecule has 0 spiro atoms. The van der Waals surface area contributed by atoms with Gasteiger partial charge in [-0.2, -0.15) is 0 Å². The van der Waals surface area contributed by atoms with E-state index in [1.165, 1.54) is 6.20 Å². The number of nitrogen functional groups attached to an aromatic ring is 1. The lowest BCUT2D eigenvalue weighted by atomic mass is 10.3. The first-order valence-electron chi connectivity index (χ1n) is 4.68. The summed E-state index contributed by atoms with van der Waals surface area (Å²) >= 11 is 1.61. The Labute approximate surface area is 97.9 Å². The number of benzene rings is 1. The van der Waals surface area contributed by atoms with Gasteiger partial charge in [0.25, 0.3) is 5.88 Å². The summed E-state index contributed by atoms with van der Waals surface area (Å²) in [5.41, 5.74) is 5.65. The van der Waals surface area contributed by atoms with Crippen LogP contribution in [0, 0.1) is 0 Å². The lowest BCUT2D eigenvalue weighted by molar-refractivity contribution is 0.452. The summed E-state index contributed by atoms with van der Waals surface area (Å²) in [6, 6.07) is 7.72. The Bertz CT molecular complexity index is 490. The molecule has 0 aliphatic heterocycles. The van der Waals surface area contributed by atoms with E-state index in [2.05, 4.69) is 9.97 Å². The van der Waals surface area contributed by atoms with Gasteiger partial charge in [-0.15, -0.1) is 11.8 Å². The lowest BCUT2D eigenvalue weighted by Gasteiger charge is -2.08. The van der Waals surface area contributed by atoms with Crippen LogP contribution in [0.15, 0.2) is 41.6 Å². The monoisotopic (exact) mass is 233 g/mol. The third kappa shape index (κ3) is 2.25. The predicted octanol–water partition coefficient (Wildman–Crippen LogP) is 2.57. The molecule has 0 bridgehead atoms. The van der Waals surface area contributed by atoms with Crippen molar-refractivity contribution in [2.75, 3.05) is 12.0 Å². The number of anilines is 1. The van der Waals surface area contributed by atoms with Crippen LogP contribution in [0.5, 0.6) is 11.6 Å².